The normalized spacial score (nSPS) is 13.8. The molecule has 1 aliphatic heterocycles. The van der Waals surface area contributed by atoms with Crippen LogP contribution in [0.15, 0.2) is 38.4 Å². The van der Waals surface area contributed by atoms with E-state index in [-0.39, 0.29) is 22.8 Å². The summed E-state index contributed by atoms with van der Waals surface area (Å²) in [6, 6.07) is 7.35. The van der Waals surface area contributed by atoms with Crippen molar-refractivity contribution < 1.29 is 9.53 Å². The lowest BCUT2D eigenvalue weighted by Gasteiger charge is -2.20. The molecule has 3 aromatic rings. The monoisotopic (exact) mass is 475 g/mol. The number of carbonyl (C=O) groups excluding carboxylic acids is 1. The smallest absolute Gasteiger partial charge is 0.267 e. The summed E-state index contributed by atoms with van der Waals surface area (Å²) in [5.74, 6) is 1.88. The lowest BCUT2D eigenvalue weighted by atomic mass is 10.1. The van der Waals surface area contributed by atoms with E-state index in [4.69, 9.17) is 9.72 Å². The van der Waals surface area contributed by atoms with Crippen LogP contribution in [-0.2, 0) is 11.2 Å². The highest BCUT2D eigenvalue weighted by Gasteiger charge is 2.24. The van der Waals surface area contributed by atoms with Gasteiger partial charge < -0.3 is 10.1 Å². The van der Waals surface area contributed by atoms with Gasteiger partial charge in [-0.05, 0) is 69.2 Å². The fraction of sp³-hybridized carbons (Fsp3) is 0.409. The van der Waals surface area contributed by atoms with Crippen molar-refractivity contribution in [2.75, 3.05) is 18.6 Å². The minimum Gasteiger partial charge on any atom is -0.497 e. The number of hydrogen-bond acceptors (Lipinski definition) is 7. The van der Waals surface area contributed by atoms with E-state index in [0.29, 0.717) is 22.0 Å². The zero-order valence-corrected chi connectivity index (χ0v) is 20.4. The van der Waals surface area contributed by atoms with E-state index in [2.05, 4.69) is 5.32 Å². The maximum atomic E-state index is 13.7. The van der Waals surface area contributed by atoms with Crippen LogP contribution in [0.4, 0.5) is 0 Å². The Bertz CT molecular complexity index is 1180. The molecule has 1 aliphatic rings. The second-order valence-electron chi connectivity index (χ2n) is 8.32. The second kappa shape index (κ2) is 8.88. The molecule has 0 unspecified atom stereocenters. The molecule has 0 saturated carbocycles. The van der Waals surface area contributed by atoms with Gasteiger partial charge in [0.15, 0.2) is 5.16 Å². The van der Waals surface area contributed by atoms with Crippen LogP contribution in [0.1, 0.15) is 32.8 Å². The number of fused-ring (bicyclic) bond motifs is 3. The molecule has 0 radical (unpaired) electrons. The largest absolute Gasteiger partial charge is 0.497 e. The average molecular weight is 476 g/mol. The van der Waals surface area contributed by atoms with E-state index < -0.39 is 0 Å². The van der Waals surface area contributed by atoms with Gasteiger partial charge in [-0.15, -0.1) is 23.1 Å². The van der Waals surface area contributed by atoms with Gasteiger partial charge in [-0.25, -0.2) is 4.98 Å². The van der Waals surface area contributed by atoms with Crippen LogP contribution < -0.4 is 15.6 Å². The number of nitrogens with zero attached hydrogens (tertiary/aromatic N) is 2. The Morgan fingerprint density at radius 1 is 1.29 bits per heavy atom. The lowest BCUT2D eigenvalue weighted by molar-refractivity contribution is -0.119. The molecule has 3 heterocycles. The molecule has 1 N–H and O–H groups in total. The zero-order chi connectivity index (χ0) is 22.2. The molecule has 1 aromatic carbocycles. The fourth-order valence-corrected chi connectivity index (χ4v) is 6.85. The summed E-state index contributed by atoms with van der Waals surface area (Å²) in [6.45, 7) is 5.84. The summed E-state index contributed by atoms with van der Waals surface area (Å²) >= 11 is 4.67. The number of rotatable bonds is 5. The Kier molecular flexibility index (Phi) is 6.37. The van der Waals surface area contributed by atoms with Gasteiger partial charge in [-0.2, -0.15) is 0 Å². The van der Waals surface area contributed by atoms with Crippen molar-refractivity contribution in [1.82, 2.24) is 14.9 Å². The first-order chi connectivity index (χ1) is 14.8. The van der Waals surface area contributed by atoms with Gasteiger partial charge >= 0.3 is 0 Å². The van der Waals surface area contributed by atoms with Gasteiger partial charge in [-0.1, -0.05) is 11.8 Å². The Morgan fingerprint density at radius 3 is 2.71 bits per heavy atom. The van der Waals surface area contributed by atoms with Crippen molar-refractivity contribution in [2.45, 2.75) is 48.5 Å². The number of amides is 1. The van der Waals surface area contributed by atoms with Gasteiger partial charge in [0, 0.05) is 5.54 Å². The number of nitrogens with one attached hydrogen (secondary N) is 1. The summed E-state index contributed by atoms with van der Waals surface area (Å²) in [5, 5.41) is 4.20. The molecular formula is C22H25N3O3S3. The van der Waals surface area contributed by atoms with Gasteiger partial charge in [0.25, 0.3) is 5.56 Å². The third-order valence-electron chi connectivity index (χ3n) is 4.74. The first-order valence-corrected chi connectivity index (χ1v) is 12.8. The standard InChI is InChI=1S/C22H25N3O3S3/c1-22(2,3)24-16(26)12-30-21-23-18-17(15-6-5-11-29-20(15)31-18)19(27)25(21)13-7-9-14(28-4)10-8-13/h7-10H,5-6,11-12H2,1-4H3,(H,24,26). The maximum absolute atomic E-state index is 13.7. The number of hydrogen-bond donors (Lipinski definition) is 1. The predicted octanol–water partition coefficient (Wildman–Crippen LogP) is 4.50. The first kappa shape index (κ1) is 22.2. The van der Waals surface area contributed by atoms with Crippen LogP contribution in [0.25, 0.3) is 15.9 Å². The predicted molar refractivity (Wildman–Crippen MR) is 129 cm³/mol. The highest BCUT2D eigenvalue weighted by atomic mass is 32.2. The second-order valence-corrected chi connectivity index (χ2v) is 11.6. The Hall–Kier alpha value is -1.97. The number of benzene rings is 1. The number of thioether (sulfide) groups is 2. The minimum absolute atomic E-state index is 0.0751. The first-order valence-electron chi connectivity index (χ1n) is 10.1. The maximum Gasteiger partial charge on any atom is 0.267 e. The Morgan fingerprint density at radius 2 is 2.03 bits per heavy atom. The highest BCUT2D eigenvalue weighted by molar-refractivity contribution is 8.01. The molecule has 0 fully saturated rings. The van der Waals surface area contributed by atoms with E-state index in [1.807, 2.05) is 45.0 Å². The molecule has 0 atom stereocenters. The minimum atomic E-state index is -0.311. The molecule has 6 nitrogen and oxygen atoms in total. The number of carbonyl (C=O) groups is 1. The van der Waals surface area contributed by atoms with E-state index in [1.54, 1.807) is 34.8 Å². The molecule has 164 valence electrons. The van der Waals surface area contributed by atoms with Crippen molar-refractivity contribution in [3.05, 3.63) is 40.2 Å². The Labute approximate surface area is 193 Å². The highest BCUT2D eigenvalue weighted by Crippen LogP contribution is 2.41. The van der Waals surface area contributed by atoms with Crippen molar-refractivity contribution in [1.29, 1.82) is 0 Å². The quantitative estimate of drug-likeness (QED) is 0.433. The molecule has 0 aliphatic carbocycles. The fourth-order valence-electron chi connectivity index (χ4n) is 3.46. The van der Waals surface area contributed by atoms with Gasteiger partial charge in [0.2, 0.25) is 5.91 Å². The zero-order valence-electron chi connectivity index (χ0n) is 18.0. The summed E-state index contributed by atoms with van der Waals surface area (Å²) < 4.78 is 8.08. The van der Waals surface area contributed by atoms with Crippen LogP contribution in [0.3, 0.4) is 0 Å². The number of aromatic nitrogens is 2. The molecule has 0 saturated heterocycles. The van der Waals surface area contributed by atoms with E-state index >= 15 is 0 Å². The molecule has 0 spiro atoms. The summed E-state index contributed by atoms with van der Waals surface area (Å²) in [7, 11) is 1.61. The molecule has 2 aromatic heterocycles. The third kappa shape index (κ3) is 4.78. The van der Waals surface area contributed by atoms with Crippen LogP contribution >= 0.6 is 34.9 Å². The van der Waals surface area contributed by atoms with E-state index in [0.717, 1.165) is 29.0 Å². The molecular weight excluding hydrogens is 450 g/mol. The van der Waals surface area contributed by atoms with Gasteiger partial charge in [0.05, 0.1) is 28.1 Å². The lowest BCUT2D eigenvalue weighted by Crippen LogP contribution is -2.41. The number of aryl methyl sites for hydroxylation is 1. The summed E-state index contributed by atoms with van der Waals surface area (Å²) in [5.41, 5.74) is 1.45. The number of methoxy groups -OCH3 is 1. The summed E-state index contributed by atoms with van der Waals surface area (Å²) in [4.78, 5) is 31.7. The average Bonchev–Trinajstić information content (AvgIpc) is 3.10. The van der Waals surface area contributed by atoms with Crippen LogP contribution in [-0.4, -0.2) is 39.6 Å². The van der Waals surface area contributed by atoms with Gasteiger partial charge in [0.1, 0.15) is 10.6 Å². The van der Waals surface area contributed by atoms with Crippen LogP contribution in [0.2, 0.25) is 0 Å². The molecule has 0 bridgehead atoms. The van der Waals surface area contributed by atoms with Crippen LogP contribution in [0, 0.1) is 0 Å². The topological polar surface area (TPSA) is 73.2 Å². The van der Waals surface area contributed by atoms with E-state index in [9.17, 15) is 9.59 Å². The third-order valence-corrected chi connectivity index (χ3v) is 8.20. The Balaban J connectivity index is 1.80. The van der Waals surface area contributed by atoms with E-state index in [1.165, 1.54) is 16.0 Å². The van der Waals surface area contributed by atoms with Crippen molar-refractivity contribution in [3.63, 3.8) is 0 Å². The number of ether oxygens (including phenoxy) is 1. The van der Waals surface area contributed by atoms with Crippen molar-refractivity contribution in [2.24, 2.45) is 0 Å². The molecule has 1 amide bonds. The number of thiophene rings is 1. The SMILES string of the molecule is COc1ccc(-n2c(SCC(=O)NC(C)(C)C)nc3sc4c(c3c2=O)CCCS4)cc1. The van der Waals surface area contributed by atoms with Crippen molar-refractivity contribution >= 4 is 51.0 Å². The molecule has 9 heteroatoms. The van der Waals surface area contributed by atoms with Crippen LogP contribution in [0.5, 0.6) is 5.75 Å². The molecule has 4 rings (SSSR count). The summed E-state index contributed by atoms with van der Waals surface area (Å²) in [6.07, 6.45) is 1.97. The van der Waals surface area contributed by atoms with Crippen molar-refractivity contribution in [3.8, 4) is 11.4 Å². The molecule has 31 heavy (non-hydrogen) atoms. The van der Waals surface area contributed by atoms with Gasteiger partial charge in [-0.3, -0.25) is 14.2 Å².